The Morgan fingerprint density at radius 2 is 2.10 bits per heavy atom. The summed E-state index contributed by atoms with van der Waals surface area (Å²) in [6.07, 6.45) is 0. The lowest BCUT2D eigenvalue weighted by molar-refractivity contribution is 0.0600. The molecule has 0 fully saturated rings. The fourth-order valence-corrected chi connectivity index (χ4v) is 3.17. The fourth-order valence-electron chi connectivity index (χ4n) is 1.50. The average molecular weight is 321 g/mol. The van der Waals surface area contributed by atoms with Crippen LogP contribution in [-0.4, -0.2) is 53.0 Å². The third kappa shape index (κ3) is 3.69. The van der Waals surface area contributed by atoms with Gasteiger partial charge in [-0.15, -0.1) is 0 Å². The van der Waals surface area contributed by atoms with Crippen molar-refractivity contribution in [2.45, 2.75) is 4.90 Å². The Bertz CT molecular complexity index is 589. The quantitative estimate of drug-likeness (QED) is 0.790. The third-order valence-corrected chi connectivity index (χ3v) is 5.06. The maximum absolute atomic E-state index is 12.4. The van der Waals surface area contributed by atoms with E-state index >= 15 is 0 Å². The minimum absolute atomic E-state index is 0.0639. The SMILES string of the molecule is CNCCN(C)S(=O)(=O)c1cc(C(=O)OC)ccc1Cl. The van der Waals surface area contributed by atoms with E-state index in [1.807, 2.05) is 0 Å². The van der Waals surface area contributed by atoms with E-state index in [9.17, 15) is 13.2 Å². The van der Waals surface area contributed by atoms with Crippen molar-refractivity contribution in [2.24, 2.45) is 0 Å². The first kappa shape index (κ1) is 16.9. The summed E-state index contributed by atoms with van der Waals surface area (Å²) in [6, 6.07) is 4.01. The van der Waals surface area contributed by atoms with Crippen LogP contribution in [0, 0.1) is 0 Å². The Labute approximate surface area is 123 Å². The van der Waals surface area contributed by atoms with Crippen LogP contribution in [0.2, 0.25) is 5.02 Å². The Kier molecular flexibility index (Phi) is 5.94. The van der Waals surface area contributed by atoms with Gasteiger partial charge in [-0.2, -0.15) is 4.31 Å². The van der Waals surface area contributed by atoms with E-state index in [1.165, 1.54) is 36.7 Å². The molecule has 0 amide bonds. The standard InChI is InChI=1S/C12H17ClN2O4S/c1-14-6-7-15(2)20(17,18)11-8-9(12(16)19-3)4-5-10(11)13/h4-5,8,14H,6-7H2,1-3H3. The molecule has 20 heavy (non-hydrogen) atoms. The van der Waals surface area contributed by atoms with Crippen LogP contribution in [0.15, 0.2) is 23.1 Å². The minimum Gasteiger partial charge on any atom is -0.465 e. The summed E-state index contributed by atoms with van der Waals surface area (Å²) >= 11 is 5.93. The molecule has 0 saturated carbocycles. The second kappa shape index (κ2) is 7.03. The first-order valence-electron chi connectivity index (χ1n) is 5.83. The van der Waals surface area contributed by atoms with E-state index in [2.05, 4.69) is 10.1 Å². The monoisotopic (exact) mass is 320 g/mol. The van der Waals surface area contributed by atoms with Crippen molar-refractivity contribution in [1.29, 1.82) is 0 Å². The number of nitrogens with one attached hydrogen (secondary N) is 1. The summed E-state index contributed by atoms with van der Waals surface area (Å²) in [5.41, 5.74) is 0.137. The van der Waals surface area contributed by atoms with Gasteiger partial charge in [0.05, 0.1) is 17.7 Å². The molecule has 0 heterocycles. The molecule has 8 heteroatoms. The van der Waals surface area contributed by atoms with Gasteiger partial charge in [0, 0.05) is 20.1 Å². The summed E-state index contributed by atoms with van der Waals surface area (Å²) in [4.78, 5) is 11.4. The van der Waals surface area contributed by atoms with Gasteiger partial charge in [0.1, 0.15) is 4.90 Å². The zero-order chi connectivity index (χ0) is 15.3. The number of methoxy groups -OCH3 is 1. The van der Waals surface area contributed by atoms with Crippen molar-refractivity contribution >= 4 is 27.6 Å². The van der Waals surface area contributed by atoms with Gasteiger partial charge in [-0.05, 0) is 25.2 Å². The molecule has 0 aliphatic heterocycles. The Balaban J connectivity index is 3.20. The molecule has 1 aromatic rings. The lowest BCUT2D eigenvalue weighted by atomic mass is 10.2. The molecular weight excluding hydrogens is 304 g/mol. The van der Waals surface area contributed by atoms with Gasteiger partial charge in [-0.1, -0.05) is 11.6 Å². The maximum Gasteiger partial charge on any atom is 0.337 e. The number of sulfonamides is 1. The number of nitrogens with zero attached hydrogens (tertiary/aromatic N) is 1. The average Bonchev–Trinajstić information content (AvgIpc) is 2.43. The van der Waals surface area contributed by atoms with Gasteiger partial charge in [0.25, 0.3) is 0 Å². The van der Waals surface area contributed by atoms with E-state index in [1.54, 1.807) is 7.05 Å². The molecule has 0 spiro atoms. The normalized spacial score (nSPS) is 11.7. The van der Waals surface area contributed by atoms with Crippen LogP contribution >= 0.6 is 11.6 Å². The van der Waals surface area contributed by atoms with E-state index < -0.39 is 16.0 Å². The van der Waals surface area contributed by atoms with Crippen LogP contribution in [0.25, 0.3) is 0 Å². The zero-order valence-corrected chi connectivity index (χ0v) is 13.1. The van der Waals surface area contributed by atoms with Crippen LogP contribution in [0.4, 0.5) is 0 Å². The molecule has 112 valence electrons. The molecule has 0 atom stereocenters. The highest BCUT2D eigenvalue weighted by Crippen LogP contribution is 2.25. The number of hydrogen-bond donors (Lipinski definition) is 1. The van der Waals surface area contributed by atoms with Crippen molar-refractivity contribution < 1.29 is 17.9 Å². The van der Waals surface area contributed by atoms with Gasteiger partial charge in [-0.3, -0.25) is 0 Å². The summed E-state index contributed by atoms with van der Waals surface area (Å²) in [5, 5.41) is 2.93. The van der Waals surface area contributed by atoms with Crippen molar-refractivity contribution in [3.8, 4) is 0 Å². The lowest BCUT2D eigenvalue weighted by Gasteiger charge is -2.18. The largest absolute Gasteiger partial charge is 0.465 e. The number of benzene rings is 1. The topological polar surface area (TPSA) is 75.7 Å². The van der Waals surface area contributed by atoms with Crippen molar-refractivity contribution in [3.63, 3.8) is 0 Å². The number of esters is 1. The molecule has 0 aliphatic rings. The molecule has 6 nitrogen and oxygen atoms in total. The van der Waals surface area contributed by atoms with Gasteiger partial charge in [-0.25, -0.2) is 13.2 Å². The minimum atomic E-state index is -3.75. The van der Waals surface area contributed by atoms with E-state index in [-0.39, 0.29) is 22.0 Å². The Hall–Kier alpha value is -1.15. The van der Waals surface area contributed by atoms with Gasteiger partial charge in [0.2, 0.25) is 10.0 Å². The zero-order valence-electron chi connectivity index (χ0n) is 11.5. The molecular formula is C12H17ClN2O4S. The van der Waals surface area contributed by atoms with Crippen LogP contribution in [-0.2, 0) is 14.8 Å². The number of hydrogen-bond acceptors (Lipinski definition) is 5. The number of rotatable bonds is 6. The predicted octanol–water partition coefficient (Wildman–Crippen LogP) is 0.967. The van der Waals surface area contributed by atoms with E-state index in [4.69, 9.17) is 11.6 Å². The van der Waals surface area contributed by atoms with Crippen LogP contribution in [0.1, 0.15) is 10.4 Å². The molecule has 1 N–H and O–H groups in total. The van der Waals surface area contributed by atoms with Crippen LogP contribution in [0.3, 0.4) is 0 Å². The number of ether oxygens (including phenoxy) is 1. The van der Waals surface area contributed by atoms with Crippen LogP contribution in [0.5, 0.6) is 0 Å². The molecule has 0 unspecified atom stereocenters. The van der Waals surface area contributed by atoms with Gasteiger partial charge in [0.15, 0.2) is 0 Å². The van der Waals surface area contributed by atoms with Crippen molar-refractivity contribution in [1.82, 2.24) is 9.62 Å². The summed E-state index contributed by atoms with van der Waals surface area (Å²) < 4.78 is 30.5. The summed E-state index contributed by atoms with van der Waals surface area (Å²) in [7, 11) is 0.654. The smallest absolute Gasteiger partial charge is 0.337 e. The van der Waals surface area contributed by atoms with Crippen molar-refractivity contribution in [2.75, 3.05) is 34.3 Å². The molecule has 0 aromatic heterocycles. The summed E-state index contributed by atoms with van der Waals surface area (Å²) in [6.45, 7) is 0.793. The third-order valence-electron chi connectivity index (χ3n) is 2.72. The lowest BCUT2D eigenvalue weighted by Crippen LogP contribution is -2.33. The number of carbonyl (C=O) groups is 1. The second-order valence-corrected chi connectivity index (χ2v) is 6.49. The molecule has 1 aromatic carbocycles. The molecule has 0 saturated heterocycles. The molecule has 1 rings (SSSR count). The number of halogens is 1. The highest BCUT2D eigenvalue weighted by molar-refractivity contribution is 7.89. The number of likely N-dealkylation sites (N-methyl/N-ethyl adjacent to an activating group) is 2. The Morgan fingerprint density at radius 3 is 2.65 bits per heavy atom. The first-order chi connectivity index (χ1) is 9.34. The maximum atomic E-state index is 12.4. The second-order valence-electron chi connectivity index (χ2n) is 4.07. The highest BCUT2D eigenvalue weighted by Gasteiger charge is 2.24. The Morgan fingerprint density at radius 1 is 1.45 bits per heavy atom. The van der Waals surface area contributed by atoms with E-state index in [0.717, 1.165) is 0 Å². The van der Waals surface area contributed by atoms with Crippen molar-refractivity contribution in [3.05, 3.63) is 28.8 Å². The molecule has 0 radical (unpaired) electrons. The van der Waals surface area contributed by atoms with Gasteiger partial charge < -0.3 is 10.1 Å². The summed E-state index contributed by atoms with van der Waals surface area (Å²) in [5.74, 6) is -0.615. The highest BCUT2D eigenvalue weighted by atomic mass is 35.5. The fraction of sp³-hybridized carbons (Fsp3) is 0.417. The van der Waals surface area contributed by atoms with Crippen LogP contribution < -0.4 is 5.32 Å². The molecule has 0 bridgehead atoms. The van der Waals surface area contributed by atoms with Gasteiger partial charge >= 0.3 is 5.97 Å². The molecule has 0 aliphatic carbocycles. The number of carbonyl (C=O) groups excluding carboxylic acids is 1. The first-order valence-corrected chi connectivity index (χ1v) is 7.65. The predicted molar refractivity (Wildman–Crippen MR) is 76.5 cm³/mol. The van der Waals surface area contributed by atoms with E-state index in [0.29, 0.717) is 6.54 Å².